The number of phenolic OH excluding ortho intramolecular Hbond substituents is 1. The van der Waals surface area contributed by atoms with E-state index in [9.17, 15) is 9.90 Å². The van der Waals surface area contributed by atoms with Gasteiger partial charge in [-0.2, -0.15) is 5.10 Å². The number of aryl methyl sites for hydroxylation is 1. The molecule has 3 aromatic rings. The molecule has 1 unspecified atom stereocenters. The van der Waals surface area contributed by atoms with Crippen LogP contribution in [0.2, 0.25) is 0 Å². The molecule has 29 heavy (non-hydrogen) atoms. The maximum Gasteiger partial charge on any atom is 0.275 e. The van der Waals surface area contributed by atoms with Crippen molar-refractivity contribution in [2.24, 2.45) is 7.05 Å². The summed E-state index contributed by atoms with van der Waals surface area (Å²) in [4.78, 5) is 15.2. The molecule has 1 aliphatic rings. The molecular weight excluding hydrogens is 366 g/mol. The van der Waals surface area contributed by atoms with Crippen molar-refractivity contribution in [2.75, 3.05) is 13.7 Å². The Bertz CT molecular complexity index is 1040. The molecule has 0 saturated heterocycles. The fourth-order valence-corrected chi connectivity index (χ4v) is 4.07. The number of hydrogen-bond donors (Lipinski definition) is 1. The van der Waals surface area contributed by atoms with Crippen molar-refractivity contribution < 1.29 is 14.6 Å². The van der Waals surface area contributed by atoms with Crippen LogP contribution in [0.3, 0.4) is 0 Å². The molecule has 6 heteroatoms. The van der Waals surface area contributed by atoms with Crippen molar-refractivity contribution >= 4 is 5.91 Å². The van der Waals surface area contributed by atoms with Gasteiger partial charge in [-0.15, -0.1) is 0 Å². The number of unbranched alkanes of at least 4 members (excludes halogenated alkanes) is 1. The number of fused-ring (bicyclic) bond motifs is 1. The van der Waals surface area contributed by atoms with Gasteiger partial charge >= 0.3 is 0 Å². The van der Waals surface area contributed by atoms with Gasteiger partial charge in [0.25, 0.3) is 5.91 Å². The van der Waals surface area contributed by atoms with Gasteiger partial charge in [0, 0.05) is 24.7 Å². The number of carbonyl (C=O) groups is 1. The number of phenols is 1. The third-order valence-electron chi connectivity index (χ3n) is 5.45. The van der Waals surface area contributed by atoms with Crippen molar-refractivity contribution in [3.8, 4) is 22.8 Å². The van der Waals surface area contributed by atoms with Crippen LogP contribution in [0.25, 0.3) is 11.3 Å². The standard InChI is InChI=1S/C23H25N3O3/c1-4-5-13-26-22(16-11-12-17(27)18(14-16)29-3)19-20(23(26)28)24-25(2)21(19)15-9-7-6-8-10-15/h6-12,14,22,27H,4-5,13H2,1-3H3. The molecule has 150 valence electrons. The SMILES string of the molecule is CCCCN1C(=O)c2nn(C)c(-c3ccccc3)c2C1c1ccc(O)c(OC)c1. The minimum Gasteiger partial charge on any atom is -0.504 e. The third kappa shape index (κ3) is 3.14. The molecule has 2 heterocycles. The first-order valence-electron chi connectivity index (χ1n) is 9.87. The van der Waals surface area contributed by atoms with Gasteiger partial charge in [0.2, 0.25) is 0 Å². The summed E-state index contributed by atoms with van der Waals surface area (Å²) in [5, 5.41) is 14.6. The molecule has 0 radical (unpaired) electrons. The van der Waals surface area contributed by atoms with E-state index in [-0.39, 0.29) is 17.7 Å². The van der Waals surface area contributed by atoms with E-state index < -0.39 is 0 Å². The highest BCUT2D eigenvalue weighted by atomic mass is 16.5. The molecular formula is C23H25N3O3. The molecule has 1 aromatic heterocycles. The lowest BCUT2D eigenvalue weighted by molar-refractivity contribution is 0.0740. The van der Waals surface area contributed by atoms with Crippen molar-refractivity contribution in [3.63, 3.8) is 0 Å². The zero-order chi connectivity index (χ0) is 20.5. The summed E-state index contributed by atoms with van der Waals surface area (Å²) in [5.41, 5.74) is 4.26. The summed E-state index contributed by atoms with van der Waals surface area (Å²) in [6.07, 6.45) is 1.90. The lowest BCUT2D eigenvalue weighted by atomic mass is 9.95. The zero-order valence-corrected chi connectivity index (χ0v) is 16.9. The number of hydrogen-bond acceptors (Lipinski definition) is 4. The van der Waals surface area contributed by atoms with Gasteiger partial charge in [-0.25, -0.2) is 0 Å². The molecule has 0 saturated carbocycles. The topological polar surface area (TPSA) is 67.6 Å². The Kier molecular flexibility index (Phi) is 5.01. The lowest BCUT2D eigenvalue weighted by Gasteiger charge is -2.27. The Labute approximate surface area is 170 Å². The van der Waals surface area contributed by atoms with E-state index in [1.54, 1.807) is 10.7 Å². The molecule has 0 bridgehead atoms. The summed E-state index contributed by atoms with van der Waals surface area (Å²) in [7, 11) is 3.40. The number of aromatic nitrogens is 2. The van der Waals surface area contributed by atoms with Crippen LogP contribution in [0.5, 0.6) is 11.5 Å². The van der Waals surface area contributed by atoms with Crippen LogP contribution in [0.4, 0.5) is 0 Å². The Morgan fingerprint density at radius 2 is 1.93 bits per heavy atom. The Morgan fingerprint density at radius 1 is 1.17 bits per heavy atom. The molecule has 1 aliphatic heterocycles. The lowest BCUT2D eigenvalue weighted by Crippen LogP contribution is -2.30. The van der Waals surface area contributed by atoms with Gasteiger partial charge in [-0.05, 0) is 24.1 Å². The zero-order valence-electron chi connectivity index (χ0n) is 16.9. The normalized spacial score (nSPS) is 15.6. The second kappa shape index (κ2) is 7.62. The van der Waals surface area contributed by atoms with Crippen LogP contribution >= 0.6 is 0 Å². The van der Waals surface area contributed by atoms with Crippen molar-refractivity contribution in [1.29, 1.82) is 0 Å². The summed E-state index contributed by atoms with van der Waals surface area (Å²) in [6, 6.07) is 15.0. The predicted molar refractivity (Wildman–Crippen MR) is 111 cm³/mol. The smallest absolute Gasteiger partial charge is 0.275 e. The van der Waals surface area contributed by atoms with E-state index in [1.165, 1.54) is 7.11 Å². The van der Waals surface area contributed by atoms with Crippen LogP contribution in [0, 0.1) is 0 Å². The first-order chi connectivity index (χ1) is 14.1. The van der Waals surface area contributed by atoms with E-state index in [4.69, 9.17) is 4.74 Å². The average molecular weight is 391 g/mol. The van der Waals surface area contributed by atoms with E-state index in [1.807, 2.05) is 54.4 Å². The Hall–Kier alpha value is -3.28. The molecule has 0 spiro atoms. The number of carbonyl (C=O) groups excluding carboxylic acids is 1. The number of nitrogens with zero attached hydrogens (tertiary/aromatic N) is 3. The van der Waals surface area contributed by atoms with Crippen LogP contribution in [0.1, 0.15) is 47.4 Å². The second-order valence-corrected chi connectivity index (χ2v) is 7.29. The Morgan fingerprint density at radius 3 is 2.62 bits per heavy atom. The quantitative estimate of drug-likeness (QED) is 0.686. The van der Waals surface area contributed by atoms with E-state index in [0.717, 1.165) is 35.2 Å². The monoisotopic (exact) mass is 391 g/mol. The molecule has 1 amide bonds. The molecule has 1 N–H and O–H groups in total. The fourth-order valence-electron chi connectivity index (χ4n) is 4.07. The number of methoxy groups -OCH3 is 1. The van der Waals surface area contributed by atoms with Crippen LogP contribution < -0.4 is 4.74 Å². The summed E-state index contributed by atoms with van der Waals surface area (Å²) >= 11 is 0. The number of amides is 1. The number of rotatable bonds is 6. The summed E-state index contributed by atoms with van der Waals surface area (Å²) < 4.78 is 7.11. The van der Waals surface area contributed by atoms with Gasteiger partial charge in [0.1, 0.15) is 0 Å². The van der Waals surface area contributed by atoms with Crippen molar-refractivity contribution in [1.82, 2.24) is 14.7 Å². The van der Waals surface area contributed by atoms with Crippen LogP contribution in [-0.2, 0) is 7.05 Å². The minimum absolute atomic E-state index is 0.0525. The van der Waals surface area contributed by atoms with Gasteiger partial charge in [0.05, 0.1) is 18.8 Å². The van der Waals surface area contributed by atoms with Gasteiger partial charge in [-0.1, -0.05) is 49.7 Å². The molecule has 6 nitrogen and oxygen atoms in total. The third-order valence-corrected chi connectivity index (χ3v) is 5.45. The highest BCUT2D eigenvalue weighted by molar-refractivity contribution is 6.00. The van der Waals surface area contributed by atoms with Crippen molar-refractivity contribution in [3.05, 3.63) is 65.4 Å². The number of benzene rings is 2. The van der Waals surface area contributed by atoms with Crippen LogP contribution in [-0.4, -0.2) is 39.3 Å². The highest BCUT2D eigenvalue weighted by Gasteiger charge is 2.43. The molecule has 0 fully saturated rings. The first kappa shape index (κ1) is 19.1. The van der Waals surface area contributed by atoms with E-state index in [2.05, 4.69) is 12.0 Å². The van der Waals surface area contributed by atoms with Gasteiger partial charge in [-0.3, -0.25) is 9.48 Å². The van der Waals surface area contributed by atoms with E-state index >= 15 is 0 Å². The largest absolute Gasteiger partial charge is 0.504 e. The fraction of sp³-hybridized carbons (Fsp3) is 0.304. The molecule has 0 aliphatic carbocycles. The highest BCUT2D eigenvalue weighted by Crippen LogP contribution is 2.45. The molecule has 2 aromatic carbocycles. The van der Waals surface area contributed by atoms with Crippen LogP contribution in [0.15, 0.2) is 48.5 Å². The predicted octanol–water partition coefficient (Wildman–Crippen LogP) is 4.15. The Balaban J connectivity index is 1.92. The summed E-state index contributed by atoms with van der Waals surface area (Å²) in [6.45, 7) is 2.76. The maximum absolute atomic E-state index is 13.3. The second-order valence-electron chi connectivity index (χ2n) is 7.29. The molecule has 1 atom stereocenters. The maximum atomic E-state index is 13.3. The van der Waals surface area contributed by atoms with Crippen molar-refractivity contribution in [2.45, 2.75) is 25.8 Å². The van der Waals surface area contributed by atoms with E-state index in [0.29, 0.717) is 18.0 Å². The van der Waals surface area contributed by atoms with Gasteiger partial charge in [0.15, 0.2) is 17.2 Å². The average Bonchev–Trinajstić information content (AvgIpc) is 3.20. The number of aromatic hydroxyl groups is 1. The number of ether oxygens (including phenoxy) is 1. The minimum atomic E-state index is -0.276. The summed E-state index contributed by atoms with van der Waals surface area (Å²) in [5.74, 6) is 0.419. The van der Waals surface area contributed by atoms with Gasteiger partial charge < -0.3 is 14.7 Å². The molecule has 4 rings (SSSR count). The first-order valence-corrected chi connectivity index (χ1v) is 9.87.